The van der Waals surface area contributed by atoms with Crippen LogP contribution in [0.3, 0.4) is 0 Å². The summed E-state index contributed by atoms with van der Waals surface area (Å²) in [6, 6.07) is 6.40. The van der Waals surface area contributed by atoms with Crippen LogP contribution in [-0.2, 0) is 9.53 Å². The number of carbonyl (C=O) groups is 2. The van der Waals surface area contributed by atoms with Crippen molar-refractivity contribution in [2.24, 2.45) is 0 Å². The third kappa shape index (κ3) is 6.72. The molecule has 128 valence electrons. The van der Waals surface area contributed by atoms with Crippen molar-refractivity contribution in [2.75, 3.05) is 7.11 Å². The van der Waals surface area contributed by atoms with Crippen LogP contribution in [0.2, 0.25) is 0 Å². The van der Waals surface area contributed by atoms with E-state index in [0.29, 0.717) is 12.2 Å². The Balaban J connectivity index is 2.91. The van der Waals surface area contributed by atoms with Crippen LogP contribution in [-0.4, -0.2) is 24.6 Å². The Labute approximate surface area is 138 Å². The number of nitrogens with one attached hydrogen (secondary N) is 1. The van der Waals surface area contributed by atoms with Gasteiger partial charge in [-0.15, -0.1) is 0 Å². The van der Waals surface area contributed by atoms with Gasteiger partial charge in [-0.1, -0.05) is 25.5 Å². The molecule has 0 saturated carbocycles. The molecule has 0 aliphatic heterocycles. The summed E-state index contributed by atoms with van der Waals surface area (Å²) < 4.78 is 10.4. The molecule has 1 atom stereocenters. The molecular formula is C18H27NO4. The summed E-state index contributed by atoms with van der Waals surface area (Å²) in [6.07, 6.45) is 1.54. The fourth-order valence-electron chi connectivity index (χ4n) is 2.07. The highest BCUT2D eigenvalue weighted by Gasteiger charge is 2.25. The molecule has 0 aliphatic carbocycles. The lowest BCUT2D eigenvalue weighted by atomic mass is 9.99. The van der Waals surface area contributed by atoms with Crippen LogP contribution in [0.4, 0.5) is 4.79 Å². The van der Waals surface area contributed by atoms with Crippen LogP contribution >= 0.6 is 0 Å². The second-order valence-corrected chi connectivity index (χ2v) is 6.42. The van der Waals surface area contributed by atoms with E-state index in [1.54, 1.807) is 52.1 Å². The molecule has 1 amide bonds. The van der Waals surface area contributed by atoms with Crippen molar-refractivity contribution >= 4 is 11.9 Å². The van der Waals surface area contributed by atoms with Crippen molar-refractivity contribution in [3.05, 3.63) is 29.8 Å². The van der Waals surface area contributed by atoms with Gasteiger partial charge in [-0.3, -0.25) is 4.79 Å². The van der Waals surface area contributed by atoms with E-state index in [-0.39, 0.29) is 5.78 Å². The predicted molar refractivity (Wildman–Crippen MR) is 89.6 cm³/mol. The van der Waals surface area contributed by atoms with Gasteiger partial charge in [0.05, 0.1) is 7.11 Å². The Hall–Kier alpha value is -2.04. The number of ketones is 1. The summed E-state index contributed by atoms with van der Waals surface area (Å²) in [6.45, 7) is 7.38. The molecule has 0 aliphatic rings. The molecule has 0 fully saturated rings. The van der Waals surface area contributed by atoms with Crippen molar-refractivity contribution in [1.29, 1.82) is 0 Å². The predicted octanol–water partition coefficient (Wildman–Crippen LogP) is 4.02. The third-order valence-corrected chi connectivity index (χ3v) is 3.21. The maximum Gasteiger partial charge on any atom is 0.408 e. The van der Waals surface area contributed by atoms with Crippen molar-refractivity contribution in [3.63, 3.8) is 0 Å². The Bertz CT molecular complexity index is 517. The number of rotatable bonds is 7. The van der Waals surface area contributed by atoms with Crippen molar-refractivity contribution in [1.82, 2.24) is 5.32 Å². The minimum Gasteiger partial charge on any atom is -0.497 e. The Morgan fingerprint density at radius 1 is 1.17 bits per heavy atom. The first-order valence-corrected chi connectivity index (χ1v) is 7.93. The van der Waals surface area contributed by atoms with E-state index in [2.05, 4.69) is 5.32 Å². The van der Waals surface area contributed by atoms with Gasteiger partial charge in [0.15, 0.2) is 5.78 Å². The molecule has 5 heteroatoms. The van der Waals surface area contributed by atoms with E-state index in [4.69, 9.17) is 9.47 Å². The van der Waals surface area contributed by atoms with Crippen molar-refractivity contribution in [2.45, 2.75) is 58.6 Å². The monoisotopic (exact) mass is 321 g/mol. The average Bonchev–Trinajstić information content (AvgIpc) is 2.48. The van der Waals surface area contributed by atoms with Gasteiger partial charge in [-0.05, 0) is 44.9 Å². The minimum absolute atomic E-state index is 0.0251. The standard InChI is InChI=1S/C18H27NO4/c1-6-7-8-15(20)16(19-17(21)23-18(2,3)4)13-9-11-14(22-5)12-10-13/h9-12,16H,6-8H2,1-5H3,(H,19,21). The molecule has 1 unspecified atom stereocenters. The van der Waals surface area contributed by atoms with E-state index < -0.39 is 17.7 Å². The van der Waals surface area contributed by atoms with Gasteiger partial charge in [0, 0.05) is 6.42 Å². The highest BCUT2D eigenvalue weighted by Crippen LogP contribution is 2.21. The third-order valence-electron chi connectivity index (χ3n) is 3.21. The van der Waals surface area contributed by atoms with Gasteiger partial charge in [0.2, 0.25) is 0 Å². The quantitative estimate of drug-likeness (QED) is 0.824. The van der Waals surface area contributed by atoms with Gasteiger partial charge in [-0.2, -0.15) is 0 Å². The molecule has 1 N–H and O–H groups in total. The lowest BCUT2D eigenvalue weighted by Gasteiger charge is -2.23. The lowest BCUT2D eigenvalue weighted by Crippen LogP contribution is -2.38. The second-order valence-electron chi connectivity index (χ2n) is 6.42. The number of hydrogen-bond acceptors (Lipinski definition) is 4. The number of carbonyl (C=O) groups excluding carboxylic acids is 2. The molecule has 1 aromatic carbocycles. The Morgan fingerprint density at radius 2 is 1.78 bits per heavy atom. The van der Waals surface area contributed by atoms with E-state index in [0.717, 1.165) is 18.4 Å². The maximum absolute atomic E-state index is 12.5. The summed E-state index contributed by atoms with van der Waals surface area (Å²) in [5.41, 5.74) is 0.110. The molecule has 0 heterocycles. The van der Waals surface area contributed by atoms with Gasteiger partial charge in [-0.25, -0.2) is 4.79 Å². The van der Waals surface area contributed by atoms with Crippen LogP contribution < -0.4 is 10.1 Å². The molecular weight excluding hydrogens is 294 g/mol. The number of unbranched alkanes of at least 4 members (excludes halogenated alkanes) is 1. The second kappa shape index (κ2) is 8.56. The first kappa shape index (κ1) is 19.0. The van der Waals surface area contributed by atoms with Crippen molar-refractivity contribution in [3.8, 4) is 5.75 Å². The highest BCUT2D eigenvalue weighted by atomic mass is 16.6. The van der Waals surface area contributed by atoms with Gasteiger partial charge in [0.1, 0.15) is 17.4 Å². The van der Waals surface area contributed by atoms with Crippen molar-refractivity contribution < 1.29 is 19.1 Å². The number of amides is 1. The molecule has 0 radical (unpaired) electrons. The van der Waals surface area contributed by atoms with Crippen LogP contribution in [0.1, 0.15) is 58.6 Å². The zero-order chi connectivity index (χ0) is 17.5. The van der Waals surface area contributed by atoms with E-state index in [9.17, 15) is 9.59 Å². The SMILES string of the molecule is CCCCC(=O)C(NC(=O)OC(C)(C)C)c1ccc(OC)cc1. The normalized spacial score (nSPS) is 12.4. The molecule has 0 saturated heterocycles. The number of Topliss-reactive ketones (excluding diaryl/α,β-unsaturated/α-hetero) is 1. The fourth-order valence-corrected chi connectivity index (χ4v) is 2.07. The summed E-state index contributed by atoms with van der Waals surface area (Å²) in [4.78, 5) is 24.5. The molecule has 0 bridgehead atoms. The molecule has 23 heavy (non-hydrogen) atoms. The zero-order valence-corrected chi connectivity index (χ0v) is 14.6. The van der Waals surface area contributed by atoms with Crippen LogP contribution in [0.15, 0.2) is 24.3 Å². The molecule has 5 nitrogen and oxygen atoms in total. The van der Waals surface area contributed by atoms with Crippen LogP contribution in [0.5, 0.6) is 5.75 Å². The number of methoxy groups -OCH3 is 1. The topological polar surface area (TPSA) is 64.6 Å². The summed E-state index contributed by atoms with van der Waals surface area (Å²) in [7, 11) is 1.58. The van der Waals surface area contributed by atoms with Gasteiger partial charge < -0.3 is 14.8 Å². The van der Waals surface area contributed by atoms with Gasteiger partial charge >= 0.3 is 6.09 Å². The van der Waals surface area contributed by atoms with E-state index >= 15 is 0 Å². The Morgan fingerprint density at radius 3 is 2.26 bits per heavy atom. The summed E-state index contributed by atoms with van der Waals surface area (Å²) in [5.74, 6) is 0.675. The molecule has 0 aromatic heterocycles. The maximum atomic E-state index is 12.5. The smallest absolute Gasteiger partial charge is 0.408 e. The molecule has 1 rings (SSSR count). The fraction of sp³-hybridized carbons (Fsp3) is 0.556. The van der Waals surface area contributed by atoms with E-state index in [1.165, 1.54) is 0 Å². The first-order valence-electron chi connectivity index (χ1n) is 7.93. The largest absolute Gasteiger partial charge is 0.497 e. The highest BCUT2D eigenvalue weighted by molar-refractivity contribution is 5.88. The number of hydrogen-bond donors (Lipinski definition) is 1. The average molecular weight is 321 g/mol. The number of ether oxygens (including phenoxy) is 2. The van der Waals surface area contributed by atoms with Crippen LogP contribution in [0, 0.1) is 0 Å². The number of alkyl carbamates (subject to hydrolysis) is 1. The molecule has 1 aromatic rings. The van der Waals surface area contributed by atoms with Gasteiger partial charge in [0.25, 0.3) is 0 Å². The Kier molecular flexibility index (Phi) is 7.07. The number of benzene rings is 1. The molecule has 0 spiro atoms. The summed E-state index contributed by atoms with van der Waals surface area (Å²) in [5, 5.41) is 2.68. The summed E-state index contributed by atoms with van der Waals surface area (Å²) >= 11 is 0. The first-order chi connectivity index (χ1) is 10.8. The van der Waals surface area contributed by atoms with E-state index in [1.807, 2.05) is 6.92 Å². The minimum atomic E-state index is -0.706. The zero-order valence-electron chi connectivity index (χ0n) is 14.6. The van der Waals surface area contributed by atoms with Crippen LogP contribution in [0.25, 0.3) is 0 Å². The lowest BCUT2D eigenvalue weighted by molar-refractivity contribution is -0.121.